The van der Waals surface area contributed by atoms with Crippen molar-refractivity contribution >= 4 is 37.9 Å². The minimum absolute atomic E-state index is 0.0168. The highest BCUT2D eigenvalue weighted by Gasteiger charge is 2.37. The highest BCUT2D eigenvalue weighted by Crippen LogP contribution is 2.30. The molecule has 0 N–H and O–H groups in total. The number of fused-ring (bicyclic) bond motifs is 1. The molecule has 2 aromatic heterocycles. The fourth-order valence-corrected chi connectivity index (χ4v) is 5.39. The molecule has 3 rings (SSSR count). The fourth-order valence-electron chi connectivity index (χ4n) is 2.29. The van der Waals surface area contributed by atoms with Gasteiger partial charge in [0.2, 0.25) is 0 Å². The van der Waals surface area contributed by atoms with Gasteiger partial charge in [-0.3, -0.25) is 4.40 Å². The summed E-state index contributed by atoms with van der Waals surface area (Å²) in [5, 5.41) is 1.84. The molecule has 0 bridgehead atoms. The molecule has 0 amide bonds. The van der Waals surface area contributed by atoms with Crippen LogP contribution in [0.5, 0.6) is 0 Å². The maximum absolute atomic E-state index is 12.9. The molecule has 1 aliphatic rings. The van der Waals surface area contributed by atoms with Gasteiger partial charge >= 0.3 is 0 Å². The summed E-state index contributed by atoms with van der Waals surface area (Å²) in [6.07, 6.45) is 1.53. The highest BCUT2D eigenvalue weighted by molar-refractivity contribution is 7.89. The number of hydrogen-bond acceptors (Lipinski definition) is 5. The van der Waals surface area contributed by atoms with Gasteiger partial charge in [0.1, 0.15) is 0 Å². The summed E-state index contributed by atoms with van der Waals surface area (Å²) in [7, 11) is -3.70. The van der Waals surface area contributed by atoms with Crippen molar-refractivity contribution in [1.82, 2.24) is 13.7 Å². The second-order valence-corrected chi connectivity index (χ2v) is 7.87. The molecule has 20 heavy (non-hydrogen) atoms. The Kier molecular flexibility index (Phi) is 3.54. The zero-order valence-corrected chi connectivity index (χ0v) is 13.4. The van der Waals surface area contributed by atoms with Crippen LogP contribution < -0.4 is 0 Å². The summed E-state index contributed by atoms with van der Waals surface area (Å²) in [5.74, 6) is 0. The van der Waals surface area contributed by atoms with E-state index in [2.05, 4.69) is 4.98 Å². The van der Waals surface area contributed by atoms with Gasteiger partial charge in [0.05, 0.1) is 12.7 Å². The summed E-state index contributed by atoms with van der Waals surface area (Å²) in [6, 6.07) is -0.226. The SMILES string of the molecule is CC1CN(S(=O)(=O)c2c(Cl)nc3sccn23)C(C)CO1. The van der Waals surface area contributed by atoms with Crippen LogP contribution in [0.25, 0.3) is 4.96 Å². The largest absolute Gasteiger partial charge is 0.375 e. The molecule has 0 radical (unpaired) electrons. The lowest BCUT2D eigenvalue weighted by Gasteiger charge is -2.35. The lowest BCUT2D eigenvalue weighted by atomic mass is 10.2. The average molecular weight is 336 g/mol. The third kappa shape index (κ3) is 2.15. The van der Waals surface area contributed by atoms with E-state index in [1.54, 1.807) is 11.6 Å². The second kappa shape index (κ2) is 4.96. The van der Waals surface area contributed by atoms with Crippen LogP contribution in [0.3, 0.4) is 0 Å². The lowest BCUT2D eigenvalue weighted by Crippen LogP contribution is -2.50. The quantitative estimate of drug-likeness (QED) is 0.840. The van der Waals surface area contributed by atoms with E-state index in [1.807, 2.05) is 13.8 Å². The first-order valence-corrected chi connectivity index (χ1v) is 8.85. The van der Waals surface area contributed by atoms with Crippen molar-refractivity contribution in [2.45, 2.75) is 31.0 Å². The Hall–Kier alpha value is -0.670. The normalized spacial score (nSPS) is 25.4. The van der Waals surface area contributed by atoms with Crippen LogP contribution in [0.15, 0.2) is 16.6 Å². The van der Waals surface area contributed by atoms with Gasteiger partial charge in [-0.15, -0.1) is 11.3 Å². The maximum atomic E-state index is 12.9. The van der Waals surface area contributed by atoms with Crippen molar-refractivity contribution in [3.63, 3.8) is 0 Å². The summed E-state index contributed by atoms with van der Waals surface area (Å²) in [4.78, 5) is 4.66. The van der Waals surface area contributed by atoms with Crippen LogP contribution in [-0.4, -0.2) is 47.4 Å². The molecule has 3 heterocycles. The summed E-state index contributed by atoms with van der Waals surface area (Å²) in [6.45, 7) is 4.37. The Bertz CT molecular complexity index is 739. The Balaban J connectivity index is 2.11. The third-order valence-corrected chi connectivity index (χ3v) is 6.42. The standard InChI is InChI=1S/C11H14ClN3O3S2/c1-7-6-18-8(2)5-15(7)20(16,17)10-9(12)13-11-14(10)3-4-19-11/h3-4,7-8H,5-6H2,1-2H3. The molecule has 0 saturated carbocycles. The third-order valence-electron chi connectivity index (χ3n) is 3.28. The van der Waals surface area contributed by atoms with E-state index < -0.39 is 10.0 Å². The van der Waals surface area contributed by atoms with Crippen LogP contribution >= 0.6 is 22.9 Å². The number of rotatable bonds is 2. The molecule has 110 valence electrons. The zero-order chi connectivity index (χ0) is 14.5. The number of sulfonamides is 1. The predicted molar refractivity (Wildman–Crippen MR) is 76.8 cm³/mol. The Morgan fingerprint density at radius 1 is 1.50 bits per heavy atom. The molecule has 9 heteroatoms. The fraction of sp³-hybridized carbons (Fsp3) is 0.545. The number of morpholine rings is 1. The highest BCUT2D eigenvalue weighted by atomic mass is 35.5. The number of halogens is 1. The number of imidazole rings is 1. The molecule has 1 aliphatic heterocycles. The number of hydrogen-bond donors (Lipinski definition) is 0. The lowest BCUT2D eigenvalue weighted by molar-refractivity contribution is -0.0171. The van der Waals surface area contributed by atoms with Crippen molar-refractivity contribution in [1.29, 1.82) is 0 Å². The first kappa shape index (κ1) is 14.3. The van der Waals surface area contributed by atoms with Crippen LogP contribution in [0.1, 0.15) is 13.8 Å². The van der Waals surface area contributed by atoms with Gasteiger partial charge in [0.15, 0.2) is 15.1 Å². The molecule has 0 aromatic carbocycles. The van der Waals surface area contributed by atoms with Crippen molar-refractivity contribution in [2.24, 2.45) is 0 Å². The van der Waals surface area contributed by atoms with Crippen LogP contribution in [0.2, 0.25) is 5.15 Å². The smallest absolute Gasteiger partial charge is 0.262 e. The molecule has 2 unspecified atom stereocenters. The van der Waals surface area contributed by atoms with Crippen molar-refractivity contribution in [3.8, 4) is 0 Å². The van der Waals surface area contributed by atoms with E-state index in [9.17, 15) is 8.42 Å². The number of nitrogens with zero attached hydrogens (tertiary/aromatic N) is 3. The minimum atomic E-state index is -3.70. The van der Waals surface area contributed by atoms with Gasteiger partial charge in [0, 0.05) is 24.2 Å². The van der Waals surface area contributed by atoms with Crippen molar-refractivity contribution < 1.29 is 13.2 Å². The molecule has 6 nitrogen and oxygen atoms in total. The molecular weight excluding hydrogens is 322 g/mol. The molecule has 0 aliphatic carbocycles. The first-order chi connectivity index (χ1) is 9.41. The molecule has 2 aromatic rings. The molecule has 2 atom stereocenters. The van der Waals surface area contributed by atoms with Gasteiger partial charge in [-0.2, -0.15) is 4.31 Å². The minimum Gasteiger partial charge on any atom is -0.375 e. The summed E-state index contributed by atoms with van der Waals surface area (Å²) in [5.41, 5.74) is 0. The summed E-state index contributed by atoms with van der Waals surface area (Å²) >= 11 is 7.38. The molecule has 0 spiro atoms. The van der Waals surface area contributed by atoms with E-state index >= 15 is 0 Å². The predicted octanol–water partition coefficient (Wildman–Crippen LogP) is 1.85. The molecular formula is C11H14ClN3O3S2. The Labute approximate surface area is 126 Å². The maximum Gasteiger partial charge on any atom is 0.262 e. The zero-order valence-electron chi connectivity index (χ0n) is 11.0. The van der Waals surface area contributed by atoms with E-state index in [-0.39, 0.29) is 22.3 Å². The number of ether oxygens (including phenoxy) is 1. The Morgan fingerprint density at radius 3 is 3.00 bits per heavy atom. The number of aromatic nitrogens is 2. The van der Waals surface area contributed by atoms with E-state index in [4.69, 9.17) is 16.3 Å². The monoisotopic (exact) mass is 335 g/mol. The van der Waals surface area contributed by atoms with Gasteiger partial charge in [0.25, 0.3) is 10.0 Å². The van der Waals surface area contributed by atoms with Crippen LogP contribution in [0.4, 0.5) is 0 Å². The van der Waals surface area contributed by atoms with Crippen molar-refractivity contribution in [2.75, 3.05) is 13.2 Å². The Morgan fingerprint density at radius 2 is 2.25 bits per heavy atom. The van der Waals surface area contributed by atoms with Crippen molar-refractivity contribution in [3.05, 3.63) is 16.7 Å². The molecule has 1 fully saturated rings. The van der Waals surface area contributed by atoms with Gasteiger partial charge in [-0.1, -0.05) is 11.6 Å². The van der Waals surface area contributed by atoms with E-state index in [0.29, 0.717) is 18.1 Å². The molecule has 1 saturated heterocycles. The topological polar surface area (TPSA) is 63.9 Å². The average Bonchev–Trinajstić information content (AvgIpc) is 2.91. The van der Waals surface area contributed by atoms with Gasteiger partial charge in [-0.05, 0) is 13.8 Å². The van der Waals surface area contributed by atoms with Crippen LogP contribution in [-0.2, 0) is 14.8 Å². The summed E-state index contributed by atoms with van der Waals surface area (Å²) < 4.78 is 34.2. The van der Waals surface area contributed by atoms with E-state index in [1.165, 1.54) is 20.0 Å². The van der Waals surface area contributed by atoms with Gasteiger partial charge < -0.3 is 4.74 Å². The van der Waals surface area contributed by atoms with E-state index in [0.717, 1.165) is 0 Å². The number of thiazole rings is 1. The van der Waals surface area contributed by atoms with Gasteiger partial charge in [-0.25, -0.2) is 13.4 Å². The van der Waals surface area contributed by atoms with Crippen LogP contribution in [0, 0.1) is 0 Å². The second-order valence-electron chi connectivity index (χ2n) is 4.83. The first-order valence-electron chi connectivity index (χ1n) is 6.15.